The Labute approximate surface area is 205 Å². The largest absolute Gasteiger partial charge is 0.416 e. The number of carbonyl (C=O) groups is 1. The molecule has 1 N–H and O–H groups in total. The maximum absolute atomic E-state index is 13.2. The fourth-order valence-electron chi connectivity index (χ4n) is 4.01. The molecule has 0 aliphatic carbocycles. The Morgan fingerprint density at radius 2 is 1.75 bits per heavy atom. The van der Waals surface area contributed by atoms with Gasteiger partial charge in [0, 0.05) is 12.1 Å². The van der Waals surface area contributed by atoms with Crippen LogP contribution in [0.5, 0.6) is 0 Å². The quantitative estimate of drug-likeness (QED) is 0.487. The van der Waals surface area contributed by atoms with Gasteiger partial charge in [0.1, 0.15) is 18.2 Å². The number of hydrogen-bond donors (Lipinski definition) is 1. The van der Waals surface area contributed by atoms with Crippen molar-refractivity contribution in [2.75, 3.05) is 6.54 Å². The van der Waals surface area contributed by atoms with Crippen LogP contribution in [0.25, 0.3) is 11.3 Å². The summed E-state index contributed by atoms with van der Waals surface area (Å²) in [5.74, 6) is -1.08. The van der Waals surface area contributed by atoms with E-state index in [4.69, 9.17) is 0 Å². The van der Waals surface area contributed by atoms with Gasteiger partial charge in [-0.25, -0.2) is 22.8 Å². The maximum atomic E-state index is 13.2. The van der Waals surface area contributed by atoms with Crippen LogP contribution in [0.2, 0.25) is 0 Å². The summed E-state index contributed by atoms with van der Waals surface area (Å²) >= 11 is 0. The van der Waals surface area contributed by atoms with Crippen LogP contribution < -0.4 is 5.32 Å². The number of sulfonamides is 1. The predicted octanol–water partition coefficient (Wildman–Crippen LogP) is 4.33. The highest BCUT2D eigenvalue weighted by atomic mass is 32.2. The molecule has 0 bridgehead atoms. The highest BCUT2D eigenvalue weighted by molar-refractivity contribution is 7.89. The first-order valence-electron chi connectivity index (χ1n) is 11.0. The van der Waals surface area contributed by atoms with Gasteiger partial charge < -0.3 is 5.32 Å². The third-order valence-corrected chi connectivity index (χ3v) is 7.85. The fourth-order valence-corrected chi connectivity index (χ4v) is 5.67. The van der Waals surface area contributed by atoms with Gasteiger partial charge in [-0.15, -0.1) is 0 Å². The molecule has 1 saturated heterocycles. The molecule has 2 aromatic carbocycles. The second-order valence-corrected chi connectivity index (χ2v) is 10.3. The lowest BCUT2D eigenvalue weighted by molar-refractivity contribution is -0.137. The van der Waals surface area contributed by atoms with Crippen LogP contribution >= 0.6 is 0 Å². The molecule has 0 saturated carbocycles. The topological polar surface area (TPSA) is 92.3 Å². The van der Waals surface area contributed by atoms with Crippen LogP contribution in [0.3, 0.4) is 0 Å². The SMILES string of the molecule is C[C@H](NC(=O)[C@@H]1CCCN1S(=O)(=O)c1ccc(F)cc1)c1cc(-c2ccc(C(F)(F)F)cc2)ncn1. The standard InChI is InChI=1S/C24H22F4N4O3S/c1-15(20-13-21(30-14-29-20)16-4-6-17(7-5-16)24(26,27)28)31-23(33)22-3-2-12-32(22)36(34,35)19-10-8-18(25)9-11-19/h4-11,13-15,22H,2-3,12H2,1H3,(H,31,33)/t15-,22-/m0/s1. The average molecular weight is 523 g/mol. The van der Waals surface area contributed by atoms with Gasteiger partial charge in [0.25, 0.3) is 0 Å². The lowest BCUT2D eigenvalue weighted by Crippen LogP contribution is -2.46. The van der Waals surface area contributed by atoms with E-state index in [2.05, 4.69) is 15.3 Å². The van der Waals surface area contributed by atoms with Crippen LogP contribution in [-0.2, 0) is 21.0 Å². The van der Waals surface area contributed by atoms with Crippen molar-refractivity contribution in [3.63, 3.8) is 0 Å². The van der Waals surface area contributed by atoms with Crippen molar-refractivity contribution < 1.29 is 30.8 Å². The van der Waals surface area contributed by atoms with E-state index in [0.717, 1.165) is 40.7 Å². The van der Waals surface area contributed by atoms with Gasteiger partial charge in [-0.1, -0.05) is 12.1 Å². The van der Waals surface area contributed by atoms with E-state index >= 15 is 0 Å². The molecule has 12 heteroatoms. The molecule has 0 radical (unpaired) electrons. The number of aromatic nitrogens is 2. The molecule has 7 nitrogen and oxygen atoms in total. The van der Waals surface area contributed by atoms with E-state index in [9.17, 15) is 30.8 Å². The molecular formula is C24H22F4N4O3S. The summed E-state index contributed by atoms with van der Waals surface area (Å²) in [6.07, 6.45) is -2.41. The molecule has 1 fully saturated rings. The summed E-state index contributed by atoms with van der Waals surface area (Å²) in [7, 11) is -4.01. The number of halogens is 4. The van der Waals surface area contributed by atoms with Crippen LogP contribution in [0.1, 0.15) is 37.1 Å². The molecule has 1 amide bonds. The van der Waals surface area contributed by atoms with Crippen molar-refractivity contribution in [2.24, 2.45) is 0 Å². The summed E-state index contributed by atoms with van der Waals surface area (Å²) in [4.78, 5) is 21.2. The van der Waals surface area contributed by atoms with Crippen molar-refractivity contribution in [3.05, 3.63) is 78.0 Å². The summed E-state index contributed by atoms with van der Waals surface area (Å²) in [5.41, 5.74) is 0.436. The van der Waals surface area contributed by atoms with Crippen molar-refractivity contribution >= 4 is 15.9 Å². The number of benzene rings is 2. The maximum Gasteiger partial charge on any atom is 0.416 e. The van der Waals surface area contributed by atoms with Crippen molar-refractivity contribution in [1.82, 2.24) is 19.6 Å². The van der Waals surface area contributed by atoms with E-state index in [1.807, 2.05) is 0 Å². The Kier molecular flexibility index (Phi) is 7.10. The molecule has 2 atom stereocenters. The number of nitrogens with zero attached hydrogens (tertiary/aromatic N) is 3. The summed E-state index contributed by atoms with van der Waals surface area (Å²) in [6.45, 7) is 1.81. The molecule has 0 unspecified atom stereocenters. The summed E-state index contributed by atoms with van der Waals surface area (Å²) in [6, 6.07) is 8.89. The fraction of sp³-hybridized carbons (Fsp3) is 0.292. The van der Waals surface area contributed by atoms with Gasteiger partial charge in [-0.2, -0.15) is 17.5 Å². The van der Waals surface area contributed by atoms with Gasteiger partial charge in [0.15, 0.2) is 0 Å². The summed E-state index contributed by atoms with van der Waals surface area (Å²) < 4.78 is 78.9. The normalized spacial score (nSPS) is 17.6. The Bertz CT molecular complexity index is 1350. The van der Waals surface area contributed by atoms with Crippen LogP contribution in [-0.4, -0.2) is 41.2 Å². The smallest absolute Gasteiger partial charge is 0.347 e. The monoisotopic (exact) mass is 522 g/mol. The van der Waals surface area contributed by atoms with Gasteiger partial charge >= 0.3 is 6.18 Å². The van der Waals surface area contributed by atoms with E-state index in [0.29, 0.717) is 29.8 Å². The van der Waals surface area contributed by atoms with E-state index < -0.39 is 45.6 Å². The lowest BCUT2D eigenvalue weighted by Gasteiger charge is -2.25. The minimum atomic E-state index is -4.45. The molecule has 4 rings (SSSR count). The van der Waals surface area contributed by atoms with Crippen LogP contribution in [0.15, 0.2) is 65.8 Å². The van der Waals surface area contributed by atoms with E-state index in [1.54, 1.807) is 13.0 Å². The van der Waals surface area contributed by atoms with Gasteiger partial charge in [0.05, 0.1) is 27.9 Å². The molecule has 36 heavy (non-hydrogen) atoms. The molecule has 1 aliphatic heterocycles. The number of hydrogen-bond acceptors (Lipinski definition) is 5. The minimum absolute atomic E-state index is 0.103. The van der Waals surface area contributed by atoms with Crippen LogP contribution in [0, 0.1) is 5.82 Å². The van der Waals surface area contributed by atoms with Crippen molar-refractivity contribution in [3.8, 4) is 11.3 Å². The van der Waals surface area contributed by atoms with Crippen molar-refractivity contribution in [2.45, 2.75) is 42.9 Å². The predicted molar refractivity (Wildman–Crippen MR) is 122 cm³/mol. The zero-order valence-corrected chi connectivity index (χ0v) is 19.9. The van der Waals surface area contributed by atoms with E-state index in [-0.39, 0.29) is 11.4 Å². The molecule has 190 valence electrons. The second kappa shape index (κ2) is 9.94. The number of carbonyl (C=O) groups excluding carboxylic acids is 1. The molecule has 1 aliphatic rings. The highest BCUT2D eigenvalue weighted by Gasteiger charge is 2.40. The van der Waals surface area contributed by atoms with Crippen LogP contribution in [0.4, 0.5) is 17.6 Å². The zero-order chi connectivity index (χ0) is 26.1. The first kappa shape index (κ1) is 25.7. The van der Waals surface area contributed by atoms with E-state index in [1.165, 1.54) is 18.5 Å². The third-order valence-electron chi connectivity index (χ3n) is 5.93. The Morgan fingerprint density at radius 1 is 1.08 bits per heavy atom. The first-order valence-corrected chi connectivity index (χ1v) is 12.5. The molecule has 2 heterocycles. The highest BCUT2D eigenvalue weighted by Crippen LogP contribution is 2.31. The minimum Gasteiger partial charge on any atom is -0.347 e. The van der Waals surface area contributed by atoms with Gasteiger partial charge in [-0.05, 0) is 62.2 Å². The zero-order valence-electron chi connectivity index (χ0n) is 19.0. The van der Waals surface area contributed by atoms with Gasteiger partial charge in [-0.3, -0.25) is 4.79 Å². The Hall–Kier alpha value is -3.38. The molecular weight excluding hydrogens is 500 g/mol. The second-order valence-electron chi connectivity index (χ2n) is 8.36. The Balaban J connectivity index is 1.49. The third kappa shape index (κ3) is 5.39. The number of alkyl halides is 3. The molecule has 1 aromatic heterocycles. The van der Waals surface area contributed by atoms with Crippen molar-refractivity contribution in [1.29, 1.82) is 0 Å². The lowest BCUT2D eigenvalue weighted by atomic mass is 10.1. The molecule has 3 aromatic rings. The number of nitrogens with one attached hydrogen (secondary N) is 1. The Morgan fingerprint density at radius 3 is 2.39 bits per heavy atom. The average Bonchev–Trinajstić information content (AvgIpc) is 3.35. The summed E-state index contributed by atoms with van der Waals surface area (Å²) in [5, 5.41) is 2.76. The number of rotatable bonds is 6. The number of amides is 1. The first-order chi connectivity index (χ1) is 17.0. The molecule has 0 spiro atoms. The van der Waals surface area contributed by atoms with Gasteiger partial charge in [0.2, 0.25) is 15.9 Å².